The Balaban J connectivity index is 2.54. The SMILES string of the molecule is C=CCc1cc(C(=O)N(CCC#N)c2ccc(C)c(C)c2)cc(OC)c1OC. The number of aryl methyl sites for hydroxylation is 2. The monoisotopic (exact) mass is 378 g/mol. The standard InChI is InChI=1S/C23H26N2O3/c1-6-8-18-14-19(15-21(27-4)22(18)28-5)23(26)25(12-7-11-24)20-10-9-16(2)17(3)13-20/h6,9-10,13-15H,1,7-8,12H2,2-5H3. The fourth-order valence-corrected chi connectivity index (χ4v) is 3.03. The fraction of sp³-hybridized carbons (Fsp3) is 0.304. The summed E-state index contributed by atoms with van der Waals surface area (Å²) in [5, 5.41) is 9.04. The lowest BCUT2D eigenvalue weighted by atomic mass is 10.0. The van der Waals surface area contributed by atoms with Gasteiger partial charge < -0.3 is 14.4 Å². The third-order valence-corrected chi connectivity index (χ3v) is 4.66. The summed E-state index contributed by atoms with van der Waals surface area (Å²) in [7, 11) is 3.11. The second kappa shape index (κ2) is 9.61. The quantitative estimate of drug-likeness (QED) is 0.629. The predicted molar refractivity (Wildman–Crippen MR) is 111 cm³/mol. The summed E-state index contributed by atoms with van der Waals surface area (Å²) in [6, 6.07) is 11.4. The molecule has 2 rings (SSSR count). The summed E-state index contributed by atoms with van der Waals surface area (Å²) in [4.78, 5) is 15.0. The lowest BCUT2D eigenvalue weighted by molar-refractivity contribution is 0.0987. The number of amides is 1. The summed E-state index contributed by atoms with van der Waals surface area (Å²) in [6.45, 7) is 8.11. The average molecular weight is 378 g/mol. The molecule has 2 aromatic rings. The van der Waals surface area contributed by atoms with Gasteiger partial charge in [0.1, 0.15) is 0 Å². The van der Waals surface area contributed by atoms with Crippen molar-refractivity contribution < 1.29 is 14.3 Å². The number of allylic oxidation sites excluding steroid dienone is 1. The Kier molecular flexibility index (Phi) is 7.22. The lowest BCUT2D eigenvalue weighted by Gasteiger charge is -2.24. The average Bonchev–Trinajstić information content (AvgIpc) is 2.70. The molecule has 0 atom stereocenters. The van der Waals surface area contributed by atoms with Gasteiger partial charge in [0.05, 0.1) is 26.7 Å². The molecule has 146 valence electrons. The van der Waals surface area contributed by atoms with Crippen molar-refractivity contribution in [3.8, 4) is 17.6 Å². The minimum atomic E-state index is -0.190. The Bertz CT molecular complexity index is 913. The van der Waals surface area contributed by atoms with E-state index in [0.717, 1.165) is 22.4 Å². The van der Waals surface area contributed by atoms with Crippen molar-refractivity contribution in [2.75, 3.05) is 25.7 Å². The first-order valence-corrected chi connectivity index (χ1v) is 9.08. The molecule has 0 N–H and O–H groups in total. The third-order valence-electron chi connectivity index (χ3n) is 4.66. The molecule has 5 nitrogen and oxygen atoms in total. The van der Waals surface area contributed by atoms with Gasteiger partial charge in [0.25, 0.3) is 5.91 Å². The zero-order chi connectivity index (χ0) is 20.7. The molecule has 0 aliphatic heterocycles. The van der Waals surface area contributed by atoms with Crippen LogP contribution in [0.15, 0.2) is 43.0 Å². The number of nitrogens with zero attached hydrogens (tertiary/aromatic N) is 2. The molecule has 0 aliphatic carbocycles. The van der Waals surface area contributed by atoms with Crippen LogP contribution in [0.4, 0.5) is 5.69 Å². The number of benzene rings is 2. The van der Waals surface area contributed by atoms with Crippen LogP contribution in [-0.4, -0.2) is 26.7 Å². The van der Waals surface area contributed by atoms with Crippen molar-refractivity contribution in [2.24, 2.45) is 0 Å². The third kappa shape index (κ3) is 4.52. The number of rotatable bonds is 8. The van der Waals surface area contributed by atoms with E-state index in [1.54, 1.807) is 37.3 Å². The normalized spacial score (nSPS) is 10.1. The van der Waals surface area contributed by atoms with Gasteiger partial charge in [0.2, 0.25) is 0 Å². The van der Waals surface area contributed by atoms with Gasteiger partial charge in [-0.1, -0.05) is 12.1 Å². The first-order valence-electron chi connectivity index (χ1n) is 9.08. The number of carbonyl (C=O) groups is 1. The lowest BCUT2D eigenvalue weighted by Crippen LogP contribution is -2.32. The largest absolute Gasteiger partial charge is 0.493 e. The van der Waals surface area contributed by atoms with Gasteiger partial charge in [-0.05, 0) is 55.7 Å². The van der Waals surface area contributed by atoms with Crippen LogP contribution in [0, 0.1) is 25.2 Å². The molecule has 0 saturated heterocycles. The van der Waals surface area contributed by atoms with E-state index in [0.29, 0.717) is 30.0 Å². The van der Waals surface area contributed by atoms with Gasteiger partial charge in [-0.3, -0.25) is 4.79 Å². The summed E-state index contributed by atoms with van der Waals surface area (Å²) in [5.74, 6) is 0.893. The maximum atomic E-state index is 13.4. The molecule has 1 amide bonds. The number of anilines is 1. The van der Waals surface area contributed by atoms with E-state index in [9.17, 15) is 4.79 Å². The maximum Gasteiger partial charge on any atom is 0.258 e. The van der Waals surface area contributed by atoms with Crippen LogP contribution in [0.1, 0.15) is 33.5 Å². The van der Waals surface area contributed by atoms with E-state index >= 15 is 0 Å². The van der Waals surface area contributed by atoms with Gasteiger partial charge in [-0.2, -0.15) is 5.26 Å². The van der Waals surface area contributed by atoms with Gasteiger partial charge in [-0.25, -0.2) is 0 Å². The molecule has 0 aliphatic rings. The highest BCUT2D eigenvalue weighted by Crippen LogP contribution is 2.34. The second-order valence-corrected chi connectivity index (χ2v) is 6.50. The van der Waals surface area contributed by atoms with E-state index in [4.69, 9.17) is 14.7 Å². The molecule has 2 aromatic carbocycles. The van der Waals surface area contributed by atoms with Gasteiger partial charge in [-0.15, -0.1) is 6.58 Å². The van der Waals surface area contributed by atoms with Crippen molar-refractivity contribution in [3.05, 3.63) is 65.2 Å². The number of nitriles is 1. The number of ether oxygens (including phenoxy) is 2. The van der Waals surface area contributed by atoms with Gasteiger partial charge >= 0.3 is 0 Å². The number of hydrogen-bond acceptors (Lipinski definition) is 4. The topological polar surface area (TPSA) is 62.6 Å². The van der Waals surface area contributed by atoms with E-state index in [1.165, 1.54) is 0 Å². The minimum Gasteiger partial charge on any atom is -0.493 e. The van der Waals surface area contributed by atoms with Crippen molar-refractivity contribution >= 4 is 11.6 Å². The molecule has 0 saturated carbocycles. The molecule has 0 unspecified atom stereocenters. The molecule has 0 radical (unpaired) electrons. The van der Waals surface area contributed by atoms with Crippen LogP contribution in [-0.2, 0) is 6.42 Å². The Labute approximate surface area is 166 Å². The molecule has 0 heterocycles. The van der Waals surface area contributed by atoms with Crippen molar-refractivity contribution in [3.63, 3.8) is 0 Å². The fourth-order valence-electron chi connectivity index (χ4n) is 3.03. The molecule has 0 aromatic heterocycles. The zero-order valence-corrected chi connectivity index (χ0v) is 16.9. The first-order chi connectivity index (χ1) is 13.5. The Morgan fingerprint density at radius 1 is 1.18 bits per heavy atom. The van der Waals surface area contributed by atoms with Crippen LogP contribution in [0.25, 0.3) is 0 Å². The van der Waals surface area contributed by atoms with Gasteiger partial charge in [0, 0.05) is 23.4 Å². The Morgan fingerprint density at radius 3 is 2.50 bits per heavy atom. The molecule has 0 fully saturated rings. The van der Waals surface area contributed by atoms with E-state index in [-0.39, 0.29) is 12.3 Å². The molecule has 5 heteroatoms. The van der Waals surface area contributed by atoms with Gasteiger partial charge in [0.15, 0.2) is 11.5 Å². The molecule has 0 spiro atoms. The number of carbonyl (C=O) groups excluding carboxylic acids is 1. The van der Waals surface area contributed by atoms with Crippen LogP contribution in [0.2, 0.25) is 0 Å². The van der Waals surface area contributed by atoms with Crippen molar-refractivity contribution in [2.45, 2.75) is 26.7 Å². The van der Waals surface area contributed by atoms with Crippen molar-refractivity contribution in [1.82, 2.24) is 0 Å². The van der Waals surface area contributed by atoms with E-state index in [2.05, 4.69) is 12.6 Å². The summed E-state index contributed by atoms with van der Waals surface area (Å²) < 4.78 is 10.9. The molecule has 0 bridgehead atoms. The van der Waals surface area contributed by atoms with Crippen LogP contribution in [0.3, 0.4) is 0 Å². The Hall–Kier alpha value is -3.26. The summed E-state index contributed by atoms with van der Waals surface area (Å²) in [5.41, 5.74) is 4.30. The van der Waals surface area contributed by atoms with Crippen LogP contribution >= 0.6 is 0 Å². The first kappa shape index (κ1) is 21.0. The van der Waals surface area contributed by atoms with Crippen LogP contribution in [0.5, 0.6) is 11.5 Å². The molecular weight excluding hydrogens is 352 g/mol. The maximum absolute atomic E-state index is 13.4. The van der Waals surface area contributed by atoms with E-state index in [1.807, 2.05) is 32.0 Å². The van der Waals surface area contributed by atoms with Crippen molar-refractivity contribution in [1.29, 1.82) is 5.26 Å². The highest BCUT2D eigenvalue weighted by molar-refractivity contribution is 6.06. The highest BCUT2D eigenvalue weighted by atomic mass is 16.5. The molecule has 28 heavy (non-hydrogen) atoms. The number of methoxy groups -OCH3 is 2. The van der Waals surface area contributed by atoms with E-state index < -0.39 is 0 Å². The predicted octanol–water partition coefficient (Wildman–Crippen LogP) is 4.61. The molecular formula is C23H26N2O3. The minimum absolute atomic E-state index is 0.190. The summed E-state index contributed by atoms with van der Waals surface area (Å²) >= 11 is 0. The highest BCUT2D eigenvalue weighted by Gasteiger charge is 2.22. The smallest absolute Gasteiger partial charge is 0.258 e. The number of hydrogen-bond donors (Lipinski definition) is 0. The second-order valence-electron chi connectivity index (χ2n) is 6.50. The van der Waals surface area contributed by atoms with Crippen LogP contribution < -0.4 is 14.4 Å². The summed E-state index contributed by atoms with van der Waals surface area (Å²) in [6.07, 6.45) is 2.54. The zero-order valence-electron chi connectivity index (χ0n) is 16.9. The Morgan fingerprint density at radius 2 is 1.93 bits per heavy atom.